The molecule has 10 rings (SSSR count). The molecule has 6 aliphatic rings. The fourth-order valence-electron chi connectivity index (χ4n) is 19.1. The van der Waals surface area contributed by atoms with E-state index in [1.165, 1.54) is 44.8 Å². The molecule has 0 heterocycles. The number of phosphoric acid groups is 4. The van der Waals surface area contributed by atoms with Gasteiger partial charge in [0, 0.05) is 123 Å². The van der Waals surface area contributed by atoms with Gasteiger partial charge in [0.1, 0.15) is 46.3 Å². The Morgan fingerprint density at radius 3 is 1.24 bits per heavy atom. The Labute approximate surface area is 789 Å². The van der Waals surface area contributed by atoms with E-state index in [0.29, 0.717) is 123 Å². The molecule has 0 radical (unpaired) electrons. The van der Waals surface area contributed by atoms with Gasteiger partial charge in [-0.25, -0.2) is 35.8 Å². The van der Waals surface area contributed by atoms with Crippen LogP contribution in [0.4, 0.5) is 57.1 Å². The molecule has 15 atom stereocenters. The predicted molar refractivity (Wildman–Crippen MR) is 480 cm³/mol. The number of fused-ring (bicyclic) bond motifs is 10. The molecule has 4 fully saturated rings. The lowest BCUT2D eigenvalue weighted by molar-refractivity contribution is -0.374. The van der Waals surface area contributed by atoms with Gasteiger partial charge in [-0.3, -0.25) is 22.6 Å². The topological polar surface area (TPSA) is 332 Å². The van der Waals surface area contributed by atoms with E-state index in [4.69, 9.17) is 46.7 Å². The van der Waals surface area contributed by atoms with E-state index in [1.807, 2.05) is 24.3 Å². The lowest BCUT2D eigenvalue weighted by Crippen LogP contribution is -2.56. The molecule has 4 aromatic carbocycles. The van der Waals surface area contributed by atoms with E-state index in [0.717, 1.165) is 121 Å². The standard InChI is InChI=1S/C87H125F13N2O24P4S4/c1-81(2,85(92,93)94)117-37-11-35-115-79-25-23-73-69-19-15-59-45-61(17-21-65(59)67(69)27-29-82(73,79)3)123-63-47-75(88)72(76(89)48-63)52-102-32-10-42-132-134-44-40-114-34-8-14-58(54-120-128(106,107)112-6)56-122-130(110,111)126-125-129(108,109)121-55-57(53-119-127(103,104)105)13-7-33-113-39-43-133-131-41-9-31-101-51-71-77(90)49-64(50-78(71)91)124-62-18-22-66-60(46-62)16-20-70-68(66)28-30-83(4)74(70)24-26-80(83)116-36-12-38-118-84(5,86(95,96)97)87(98,99)100/h17-18,21-22,45-50,57-58,67-70,73-74,79-80,101-102H,7-16,19-20,23-44,51-56H2,1-6H3,(H,106,107)(H,108,109)(H,110,111)(H2,103,104,105). The van der Waals surface area contributed by atoms with Crippen LogP contribution in [-0.4, -0.2) is 189 Å². The van der Waals surface area contributed by atoms with Crippen molar-refractivity contribution in [3.05, 3.63) is 117 Å². The maximum atomic E-state index is 15.4. The van der Waals surface area contributed by atoms with Crippen LogP contribution in [-0.2, 0) is 105 Å². The quantitative estimate of drug-likeness (QED) is 0.00539. The Morgan fingerprint density at radius 2 is 0.843 bits per heavy atom. The van der Waals surface area contributed by atoms with Crippen molar-refractivity contribution in [1.82, 2.24) is 10.6 Å². The van der Waals surface area contributed by atoms with Crippen molar-refractivity contribution in [2.24, 2.45) is 46.3 Å². The Hall–Kier alpha value is -2.91. The molecule has 4 aromatic rings. The molecule has 134 heavy (non-hydrogen) atoms. The second-order valence-corrected chi connectivity index (χ2v) is 46.8. The maximum absolute atomic E-state index is 15.4. The molecule has 7 N–H and O–H groups in total. The van der Waals surface area contributed by atoms with Gasteiger partial charge in [0.25, 0.3) is 5.60 Å². The van der Waals surface area contributed by atoms with Gasteiger partial charge in [0.05, 0.1) is 58.5 Å². The molecular weight excluding hydrogens is 1960 g/mol. The van der Waals surface area contributed by atoms with Gasteiger partial charge in [-0.15, -0.1) is 9.35 Å². The highest BCUT2D eigenvalue weighted by Crippen LogP contribution is 2.64. The number of ether oxygens (including phenoxy) is 8. The molecule has 26 nitrogen and oxygen atoms in total. The fraction of sp³-hybridized carbons (Fsp3) is 0.724. The minimum Gasteiger partial charge on any atom is -0.457 e. The van der Waals surface area contributed by atoms with E-state index in [9.17, 15) is 82.2 Å². The Balaban J connectivity index is 0.535. The number of alkyl halides is 9. The minimum atomic E-state index is -5.64. The van der Waals surface area contributed by atoms with E-state index >= 15 is 17.6 Å². The second-order valence-electron chi connectivity index (χ2n) is 35.9. The predicted octanol–water partition coefficient (Wildman–Crippen LogP) is 22.7. The highest BCUT2D eigenvalue weighted by Gasteiger charge is 2.69. The summed E-state index contributed by atoms with van der Waals surface area (Å²) < 4.78 is 309. The molecule has 0 aliphatic heterocycles. The Kier molecular flexibility index (Phi) is 43.1. The fourth-order valence-corrected chi connectivity index (χ4v) is 25.5. The van der Waals surface area contributed by atoms with E-state index in [2.05, 4.69) is 53.7 Å². The summed E-state index contributed by atoms with van der Waals surface area (Å²) in [6.45, 7) is 5.12. The summed E-state index contributed by atoms with van der Waals surface area (Å²) in [4.78, 5) is 49.3. The molecule has 15 unspecified atom stereocenters. The van der Waals surface area contributed by atoms with Crippen LogP contribution < -0.4 is 20.1 Å². The third-order valence-electron chi connectivity index (χ3n) is 26.5. The van der Waals surface area contributed by atoms with E-state index in [-0.39, 0.29) is 124 Å². The number of benzene rings is 4. The van der Waals surface area contributed by atoms with Gasteiger partial charge in [0.2, 0.25) is 0 Å². The van der Waals surface area contributed by atoms with Gasteiger partial charge in [-0.2, -0.15) is 39.5 Å². The molecule has 0 saturated heterocycles. The number of rotatable bonds is 60. The molecule has 6 aliphatic carbocycles. The normalized spacial score (nSPS) is 24.0. The van der Waals surface area contributed by atoms with Gasteiger partial charge >= 0.3 is 49.8 Å². The number of phosphoric ester groups is 4. The average Bonchev–Trinajstić information content (AvgIpc) is 1.56. The van der Waals surface area contributed by atoms with Gasteiger partial charge < -0.3 is 73.0 Å². The summed E-state index contributed by atoms with van der Waals surface area (Å²) in [7, 11) is -13.2. The monoisotopic (exact) mass is 2080 g/mol. The molecular formula is C87H125F13N2O24P4S4. The second kappa shape index (κ2) is 51.0. The SMILES string of the molecule is COP(=O)(O)OCC(CCCOCCSSCCCNCc1c(F)cc(Oc2ccc3c(c2)CCC2C3CCC3(C)C(OCCCOC(C)(C)C(F)(F)F)CCC23)cc1F)COP(=O)(O)OOP(=O)(O)OCC(CCCOCCSSCCCNCc1c(F)cc(Oc2ccc3c(c2)CCC2C3CCC3(C)C(OCCCOC(C)(C(F)(F)F)C(F)(F)F)CCC23)cc1F)COP(=O)(O)O. The number of aryl methyl sites for hydroxylation is 2. The van der Waals surface area contributed by atoms with Crippen LogP contribution in [0.5, 0.6) is 23.0 Å². The lowest BCUT2D eigenvalue weighted by atomic mass is 9.55. The van der Waals surface area contributed by atoms with Gasteiger partial charge in [-0.1, -0.05) is 69.2 Å². The largest absolute Gasteiger partial charge is 0.499 e. The van der Waals surface area contributed by atoms with E-state index in [1.54, 1.807) is 27.7 Å². The zero-order valence-electron chi connectivity index (χ0n) is 75.7. The first-order valence-electron chi connectivity index (χ1n) is 45.0. The van der Waals surface area contributed by atoms with Crippen molar-refractivity contribution in [2.45, 2.75) is 230 Å². The Bertz CT molecular complexity index is 4520. The number of hydrogen-bond acceptors (Lipinski definition) is 25. The zero-order valence-corrected chi connectivity index (χ0v) is 82.5. The highest BCUT2D eigenvalue weighted by atomic mass is 33.1. The molecule has 0 bridgehead atoms. The van der Waals surface area contributed by atoms with Crippen LogP contribution in [0.15, 0.2) is 60.7 Å². The molecule has 47 heteroatoms. The van der Waals surface area contributed by atoms with E-state index < -0.39 is 129 Å². The summed E-state index contributed by atoms with van der Waals surface area (Å²) in [5.41, 5.74) is -2.34. The van der Waals surface area contributed by atoms with Crippen LogP contribution in [0.2, 0.25) is 0 Å². The smallest absolute Gasteiger partial charge is 0.457 e. The number of nitrogens with one attached hydrogen (secondary N) is 2. The van der Waals surface area contributed by atoms with Crippen molar-refractivity contribution < 1.29 is 170 Å². The van der Waals surface area contributed by atoms with Crippen molar-refractivity contribution in [2.75, 3.05) is 122 Å². The highest BCUT2D eigenvalue weighted by molar-refractivity contribution is 8.77. The molecule has 4 saturated carbocycles. The van der Waals surface area contributed by atoms with Crippen LogP contribution in [0.1, 0.15) is 195 Å². The summed E-state index contributed by atoms with van der Waals surface area (Å²) in [6, 6.07) is 16.2. The number of hydrogen-bond donors (Lipinski definition) is 7. The first-order valence-corrected chi connectivity index (χ1v) is 56.0. The van der Waals surface area contributed by atoms with Crippen LogP contribution in [0.25, 0.3) is 0 Å². The molecule has 0 aromatic heterocycles. The summed E-state index contributed by atoms with van der Waals surface area (Å²) in [5.74, 6) is 0.694. The first kappa shape index (κ1) is 113. The molecule has 0 spiro atoms. The van der Waals surface area contributed by atoms with Crippen molar-refractivity contribution in [1.29, 1.82) is 0 Å². The maximum Gasteiger partial charge on any atom is 0.499 e. The first-order chi connectivity index (χ1) is 63.1. The number of halogens is 13. The summed E-state index contributed by atoms with van der Waals surface area (Å²) in [5, 5.41) is 6.17. The van der Waals surface area contributed by atoms with Crippen LogP contribution >= 0.6 is 74.5 Å². The minimum absolute atomic E-state index is 0.00911. The van der Waals surface area contributed by atoms with Gasteiger partial charge in [0.15, 0.2) is 5.60 Å². The summed E-state index contributed by atoms with van der Waals surface area (Å²) >= 11 is 0. The third kappa shape index (κ3) is 32.8. The lowest BCUT2D eigenvalue weighted by Gasteiger charge is -2.50. The van der Waals surface area contributed by atoms with Crippen LogP contribution in [0.3, 0.4) is 0 Å². The van der Waals surface area contributed by atoms with Crippen molar-refractivity contribution in [3.63, 3.8) is 0 Å². The third-order valence-corrected chi connectivity index (χ3v) is 34.4. The van der Waals surface area contributed by atoms with Crippen molar-refractivity contribution in [3.8, 4) is 23.0 Å². The van der Waals surface area contributed by atoms with Crippen LogP contribution in [0, 0.1) is 69.6 Å². The molecule has 762 valence electrons. The zero-order chi connectivity index (χ0) is 97.6. The Morgan fingerprint density at radius 1 is 0.448 bits per heavy atom. The molecule has 0 amide bonds. The average molecular weight is 2080 g/mol. The summed E-state index contributed by atoms with van der Waals surface area (Å²) in [6.07, 6.45) is -3.04. The van der Waals surface area contributed by atoms with Crippen molar-refractivity contribution >= 4 is 74.5 Å². The van der Waals surface area contributed by atoms with Gasteiger partial charge in [-0.05, 0) is 255 Å².